The third-order valence-electron chi connectivity index (χ3n) is 6.86. The topological polar surface area (TPSA) is 17.5 Å². The SMILES string of the molecule is [C-]#[N+]c1ccc(-c2ccc(-c3cc4ccccc4c4c3oc3cc5ccccc5cc34)cc2)cc1. The van der Waals surface area contributed by atoms with E-state index < -0.39 is 0 Å². The summed E-state index contributed by atoms with van der Waals surface area (Å²) in [6, 6.07) is 39.9. The summed E-state index contributed by atoms with van der Waals surface area (Å²) in [5.74, 6) is 0. The van der Waals surface area contributed by atoms with Crippen LogP contribution in [0.1, 0.15) is 0 Å². The Morgan fingerprint density at radius 1 is 0.543 bits per heavy atom. The van der Waals surface area contributed by atoms with Gasteiger partial charge in [-0.3, -0.25) is 0 Å². The molecular weight excluding hydrogens is 426 g/mol. The van der Waals surface area contributed by atoms with Crippen LogP contribution in [0.25, 0.3) is 70.6 Å². The van der Waals surface area contributed by atoms with Crippen molar-refractivity contribution in [1.82, 2.24) is 0 Å². The van der Waals surface area contributed by atoms with E-state index in [4.69, 9.17) is 11.0 Å². The lowest BCUT2D eigenvalue weighted by Crippen LogP contribution is -1.83. The predicted molar refractivity (Wildman–Crippen MR) is 146 cm³/mol. The molecule has 0 saturated heterocycles. The van der Waals surface area contributed by atoms with Crippen LogP contribution in [-0.4, -0.2) is 0 Å². The van der Waals surface area contributed by atoms with E-state index in [-0.39, 0.29) is 0 Å². The van der Waals surface area contributed by atoms with E-state index in [2.05, 4.69) is 95.8 Å². The highest BCUT2D eigenvalue weighted by Gasteiger charge is 2.17. The van der Waals surface area contributed by atoms with Gasteiger partial charge in [0.05, 0.1) is 6.57 Å². The summed E-state index contributed by atoms with van der Waals surface area (Å²) in [6.45, 7) is 7.16. The van der Waals surface area contributed by atoms with Crippen molar-refractivity contribution in [3.63, 3.8) is 0 Å². The minimum absolute atomic E-state index is 0.654. The Labute approximate surface area is 202 Å². The van der Waals surface area contributed by atoms with Crippen molar-refractivity contribution in [3.8, 4) is 22.3 Å². The van der Waals surface area contributed by atoms with Crippen LogP contribution in [0.4, 0.5) is 5.69 Å². The Balaban J connectivity index is 1.47. The smallest absolute Gasteiger partial charge is 0.187 e. The summed E-state index contributed by atoms with van der Waals surface area (Å²) in [5.41, 5.74) is 6.92. The molecule has 6 aromatic carbocycles. The van der Waals surface area contributed by atoms with Crippen molar-refractivity contribution in [1.29, 1.82) is 0 Å². The minimum atomic E-state index is 0.654. The first kappa shape index (κ1) is 19.6. The average Bonchev–Trinajstić information content (AvgIpc) is 3.30. The van der Waals surface area contributed by atoms with Crippen molar-refractivity contribution in [2.24, 2.45) is 0 Å². The normalized spacial score (nSPS) is 11.4. The molecule has 0 aliphatic rings. The van der Waals surface area contributed by atoms with Crippen molar-refractivity contribution >= 4 is 49.2 Å². The Morgan fingerprint density at radius 3 is 1.86 bits per heavy atom. The third kappa shape index (κ3) is 3.10. The van der Waals surface area contributed by atoms with Gasteiger partial charge in [-0.05, 0) is 56.4 Å². The molecule has 0 aliphatic carbocycles. The zero-order chi connectivity index (χ0) is 23.4. The van der Waals surface area contributed by atoms with E-state index in [9.17, 15) is 0 Å². The number of hydrogen-bond acceptors (Lipinski definition) is 1. The highest BCUT2D eigenvalue weighted by atomic mass is 16.3. The van der Waals surface area contributed by atoms with Gasteiger partial charge < -0.3 is 4.42 Å². The average molecular weight is 446 g/mol. The molecule has 7 aromatic rings. The van der Waals surface area contributed by atoms with Crippen molar-refractivity contribution in [3.05, 3.63) is 127 Å². The molecular formula is C33H19NO. The molecule has 0 fully saturated rings. The van der Waals surface area contributed by atoms with Gasteiger partial charge in [0, 0.05) is 16.3 Å². The summed E-state index contributed by atoms with van der Waals surface area (Å²) in [4.78, 5) is 3.49. The largest absolute Gasteiger partial charge is 0.455 e. The summed E-state index contributed by atoms with van der Waals surface area (Å²) in [7, 11) is 0. The number of hydrogen-bond donors (Lipinski definition) is 0. The Morgan fingerprint density at radius 2 is 1.14 bits per heavy atom. The van der Waals surface area contributed by atoms with Crippen molar-refractivity contribution in [2.45, 2.75) is 0 Å². The van der Waals surface area contributed by atoms with Gasteiger partial charge in [0.1, 0.15) is 11.2 Å². The number of fused-ring (bicyclic) bond motifs is 6. The van der Waals surface area contributed by atoms with Gasteiger partial charge in [0.25, 0.3) is 0 Å². The molecule has 162 valence electrons. The van der Waals surface area contributed by atoms with Gasteiger partial charge in [-0.15, -0.1) is 0 Å². The van der Waals surface area contributed by atoms with Gasteiger partial charge in [-0.1, -0.05) is 97.1 Å². The van der Waals surface area contributed by atoms with Crippen LogP contribution in [0.2, 0.25) is 0 Å². The highest BCUT2D eigenvalue weighted by Crippen LogP contribution is 2.42. The summed E-state index contributed by atoms with van der Waals surface area (Å²) in [6.07, 6.45) is 0. The fourth-order valence-corrected chi connectivity index (χ4v) is 5.10. The van der Waals surface area contributed by atoms with Crippen LogP contribution in [0.5, 0.6) is 0 Å². The molecule has 0 aliphatic heterocycles. The van der Waals surface area contributed by atoms with Crippen molar-refractivity contribution < 1.29 is 4.42 Å². The van der Waals surface area contributed by atoms with E-state index in [1.165, 1.54) is 21.5 Å². The highest BCUT2D eigenvalue weighted by molar-refractivity contribution is 6.24. The van der Waals surface area contributed by atoms with Crippen LogP contribution in [0.15, 0.2) is 120 Å². The number of benzene rings is 6. The quantitative estimate of drug-likeness (QED) is 0.242. The van der Waals surface area contributed by atoms with E-state index in [1.54, 1.807) is 0 Å². The minimum Gasteiger partial charge on any atom is -0.455 e. The maximum atomic E-state index is 7.16. The Bertz CT molecular complexity index is 1940. The van der Waals surface area contributed by atoms with E-state index in [0.29, 0.717) is 5.69 Å². The van der Waals surface area contributed by atoms with Crippen LogP contribution in [-0.2, 0) is 0 Å². The summed E-state index contributed by atoms with van der Waals surface area (Å²) in [5, 5.41) is 7.11. The van der Waals surface area contributed by atoms with Gasteiger partial charge in [-0.2, -0.15) is 0 Å². The predicted octanol–water partition coefficient (Wildman–Crippen LogP) is 9.78. The van der Waals surface area contributed by atoms with Crippen molar-refractivity contribution in [2.75, 3.05) is 0 Å². The van der Waals surface area contributed by atoms with Crippen LogP contribution < -0.4 is 0 Å². The number of nitrogens with zero attached hydrogens (tertiary/aromatic N) is 1. The molecule has 1 aromatic heterocycles. The summed E-state index contributed by atoms with van der Waals surface area (Å²) >= 11 is 0. The number of rotatable bonds is 2. The molecule has 2 heteroatoms. The Hall–Kier alpha value is -4.87. The van der Waals surface area contributed by atoms with Gasteiger partial charge in [0.15, 0.2) is 5.69 Å². The van der Waals surface area contributed by atoms with Gasteiger partial charge in [0.2, 0.25) is 0 Å². The molecule has 7 rings (SSSR count). The first-order valence-corrected chi connectivity index (χ1v) is 11.6. The fourth-order valence-electron chi connectivity index (χ4n) is 5.10. The number of furan rings is 1. The molecule has 1 heterocycles. The molecule has 0 spiro atoms. The fraction of sp³-hybridized carbons (Fsp3) is 0. The van der Waals surface area contributed by atoms with E-state index in [0.717, 1.165) is 44.2 Å². The standard InChI is InChI=1S/C33H19NO/c1-34-27-16-14-22(15-17-27)21-10-12-23(13-11-21)29-19-26-8-4-5-9-28(26)32-30-18-24-6-2-3-7-25(24)20-31(30)35-33(29)32/h2-20H. The molecule has 0 N–H and O–H groups in total. The zero-order valence-corrected chi connectivity index (χ0v) is 18.8. The Kier molecular flexibility index (Phi) is 4.24. The molecule has 0 unspecified atom stereocenters. The second kappa shape index (κ2) is 7.58. The zero-order valence-electron chi connectivity index (χ0n) is 18.8. The van der Waals surface area contributed by atoms with E-state index in [1.807, 2.05) is 24.3 Å². The second-order valence-electron chi connectivity index (χ2n) is 8.88. The maximum Gasteiger partial charge on any atom is 0.187 e. The second-order valence-corrected chi connectivity index (χ2v) is 8.88. The molecule has 0 atom stereocenters. The lowest BCUT2D eigenvalue weighted by atomic mass is 9.94. The molecule has 35 heavy (non-hydrogen) atoms. The molecule has 2 nitrogen and oxygen atoms in total. The monoisotopic (exact) mass is 445 g/mol. The van der Waals surface area contributed by atoms with Crippen LogP contribution in [0, 0.1) is 6.57 Å². The van der Waals surface area contributed by atoms with Gasteiger partial charge in [-0.25, -0.2) is 4.85 Å². The molecule has 0 amide bonds. The molecule has 0 saturated carbocycles. The molecule has 0 bridgehead atoms. The molecule has 0 radical (unpaired) electrons. The van der Waals surface area contributed by atoms with Crippen LogP contribution >= 0.6 is 0 Å². The van der Waals surface area contributed by atoms with E-state index >= 15 is 0 Å². The lowest BCUT2D eigenvalue weighted by Gasteiger charge is -2.08. The van der Waals surface area contributed by atoms with Gasteiger partial charge >= 0.3 is 0 Å². The summed E-state index contributed by atoms with van der Waals surface area (Å²) < 4.78 is 6.57. The first-order chi connectivity index (χ1) is 17.3. The van der Waals surface area contributed by atoms with Crippen LogP contribution in [0.3, 0.4) is 0 Å². The first-order valence-electron chi connectivity index (χ1n) is 11.6. The lowest BCUT2D eigenvalue weighted by molar-refractivity contribution is 0.671. The maximum absolute atomic E-state index is 7.16. The third-order valence-corrected chi connectivity index (χ3v) is 6.86.